The molecule has 0 aromatic carbocycles. The smallest absolute Gasteiger partial charge is 1.00 e. The minimum absolute atomic E-state index is 0. The van der Waals surface area contributed by atoms with Crippen molar-refractivity contribution in [2.75, 3.05) is 0 Å². The van der Waals surface area contributed by atoms with Crippen LogP contribution in [0.1, 0.15) is 1.43 Å². The van der Waals surface area contributed by atoms with Crippen LogP contribution in [-0.2, 0) is 31.5 Å². The SMILES string of the molecule is O=S(=O)(O)O.[H-].[K+].[Mo]. The van der Waals surface area contributed by atoms with E-state index in [0.717, 1.165) is 0 Å². The van der Waals surface area contributed by atoms with Gasteiger partial charge in [0.25, 0.3) is 0 Å². The molecule has 4 nitrogen and oxygen atoms in total. The average Bonchev–Trinajstić information content (AvgIpc) is 0.722. The maximum atomic E-state index is 8.74. The number of hydrogen-bond acceptors (Lipinski definition) is 2. The van der Waals surface area contributed by atoms with Crippen LogP contribution in [0.2, 0.25) is 0 Å². The third-order valence-electron chi connectivity index (χ3n) is 0. The zero-order valence-electron chi connectivity index (χ0n) is 4.53. The number of rotatable bonds is 0. The van der Waals surface area contributed by atoms with Crippen molar-refractivity contribution < 1.29 is 91.4 Å². The van der Waals surface area contributed by atoms with E-state index in [1.165, 1.54) is 0 Å². The topological polar surface area (TPSA) is 74.6 Å². The van der Waals surface area contributed by atoms with Gasteiger partial charge in [0.2, 0.25) is 0 Å². The number of hydrogen-bond donors (Lipinski definition) is 2. The molecule has 0 fully saturated rings. The van der Waals surface area contributed by atoms with E-state index < -0.39 is 10.4 Å². The molecule has 7 heteroatoms. The summed E-state index contributed by atoms with van der Waals surface area (Å²) in [5.74, 6) is 0. The molecule has 0 amide bonds. The molecule has 7 heavy (non-hydrogen) atoms. The van der Waals surface area contributed by atoms with Crippen molar-refractivity contribution >= 4 is 10.4 Å². The molecule has 0 aliphatic rings. The van der Waals surface area contributed by atoms with Crippen LogP contribution in [0.5, 0.6) is 0 Å². The van der Waals surface area contributed by atoms with Crippen LogP contribution in [0.4, 0.5) is 0 Å². The monoisotopic (exact) mass is 236 g/mol. The molecule has 0 unspecified atom stereocenters. The molecule has 0 bridgehead atoms. The maximum Gasteiger partial charge on any atom is 1.00 e. The molecule has 0 aliphatic heterocycles. The summed E-state index contributed by atoms with van der Waals surface area (Å²) in [4.78, 5) is 0. The normalized spacial score (nSPS) is 8.29. The van der Waals surface area contributed by atoms with Gasteiger partial charge in [-0.05, 0) is 0 Å². The maximum absolute atomic E-state index is 8.74. The molecule has 0 spiro atoms. The van der Waals surface area contributed by atoms with E-state index in [1.807, 2.05) is 0 Å². The third kappa shape index (κ3) is 65.3. The van der Waals surface area contributed by atoms with Crippen LogP contribution < -0.4 is 51.4 Å². The molecule has 0 aromatic heterocycles. The van der Waals surface area contributed by atoms with Crippen molar-refractivity contribution in [2.45, 2.75) is 0 Å². The first-order valence-electron chi connectivity index (χ1n) is 0.698. The quantitative estimate of drug-likeness (QED) is 0.336. The van der Waals surface area contributed by atoms with Gasteiger partial charge in [0.05, 0.1) is 0 Å². The molecule has 2 N–H and O–H groups in total. The van der Waals surface area contributed by atoms with E-state index in [0.29, 0.717) is 0 Å². The summed E-state index contributed by atoms with van der Waals surface area (Å²) < 4.78 is 31.6. The molecule has 0 aliphatic carbocycles. The van der Waals surface area contributed by atoms with Gasteiger partial charge in [0, 0.05) is 21.1 Å². The Morgan fingerprint density at radius 1 is 1.29 bits per heavy atom. The Kier molecular flexibility index (Phi) is 14.5. The first kappa shape index (κ1) is 16.1. The molecule has 0 rings (SSSR count). The summed E-state index contributed by atoms with van der Waals surface area (Å²) in [6.45, 7) is 0. The van der Waals surface area contributed by atoms with Gasteiger partial charge in [0.15, 0.2) is 0 Å². The van der Waals surface area contributed by atoms with Crippen LogP contribution >= 0.6 is 0 Å². The molecular formula is H3KMoO4S. The van der Waals surface area contributed by atoms with Crippen LogP contribution in [0.15, 0.2) is 0 Å². The predicted molar refractivity (Wildman–Crippen MR) is 15.3 cm³/mol. The average molecular weight is 234 g/mol. The van der Waals surface area contributed by atoms with Crippen molar-refractivity contribution in [1.82, 2.24) is 0 Å². The second kappa shape index (κ2) is 6.32. The van der Waals surface area contributed by atoms with Gasteiger partial charge in [-0.3, -0.25) is 9.11 Å². The first-order valence-corrected chi connectivity index (χ1v) is 2.10. The summed E-state index contributed by atoms with van der Waals surface area (Å²) in [6, 6.07) is 0. The molecule has 0 saturated heterocycles. The van der Waals surface area contributed by atoms with Crippen LogP contribution in [0.3, 0.4) is 0 Å². The fraction of sp³-hybridized carbons (Fsp3) is 0. The van der Waals surface area contributed by atoms with Gasteiger partial charge in [-0.1, -0.05) is 0 Å². The summed E-state index contributed by atoms with van der Waals surface area (Å²) in [7, 11) is -4.67. The summed E-state index contributed by atoms with van der Waals surface area (Å²) in [5, 5.41) is 0. The zero-order valence-corrected chi connectivity index (χ0v) is 9.47. The Labute approximate surface area is 99.8 Å². The van der Waals surface area contributed by atoms with E-state index in [9.17, 15) is 0 Å². The van der Waals surface area contributed by atoms with Gasteiger partial charge < -0.3 is 1.43 Å². The van der Waals surface area contributed by atoms with E-state index >= 15 is 0 Å². The van der Waals surface area contributed by atoms with Gasteiger partial charge in [-0.15, -0.1) is 0 Å². The summed E-state index contributed by atoms with van der Waals surface area (Å²) >= 11 is 0. The van der Waals surface area contributed by atoms with Gasteiger partial charge in [0.1, 0.15) is 0 Å². The van der Waals surface area contributed by atoms with Gasteiger partial charge in [-0.25, -0.2) is 0 Å². The Balaban J connectivity index is -0.0000000267. The fourth-order valence-corrected chi connectivity index (χ4v) is 0. The molecule has 0 heterocycles. The Morgan fingerprint density at radius 3 is 1.29 bits per heavy atom. The summed E-state index contributed by atoms with van der Waals surface area (Å²) in [6.07, 6.45) is 0. The van der Waals surface area contributed by atoms with Crippen LogP contribution in [0, 0.1) is 0 Å². The van der Waals surface area contributed by atoms with E-state index in [2.05, 4.69) is 0 Å². The molecule has 0 radical (unpaired) electrons. The molecular weight excluding hydrogens is 231 g/mol. The largest absolute Gasteiger partial charge is 1.00 e. The van der Waals surface area contributed by atoms with E-state index in [4.69, 9.17) is 17.5 Å². The molecule has 0 atom stereocenters. The van der Waals surface area contributed by atoms with Gasteiger partial charge in [-0.2, -0.15) is 8.42 Å². The minimum Gasteiger partial charge on any atom is -1.00 e. The molecule has 0 aromatic rings. The van der Waals surface area contributed by atoms with E-state index in [-0.39, 0.29) is 73.9 Å². The summed E-state index contributed by atoms with van der Waals surface area (Å²) in [5.41, 5.74) is 0. The minimum atomic E-state index is -4.67. The Morgan fingerprint density at radius 2 is 1.29 bits per heavy atom. The van der Waals surface area contributed by atoms with Crippen LogP contribution in [0.25, 0.3) is 0 Å². The third-order valence-corrected chi connectivity index (χ3v) is 0. The second-order valence-electron chi connectivity index (χ2n) is 0.448. The van der Waals surface area contributed by atoms with E-state index in [1.54, 1.807) is 0 Å². The zero-order chi connectivity index (χ0) is 4.50. The second-order valence-corrected chi connectivity index (χ2v) is 1.34. The molecule has 0 saturated carbocycles. The van der Waals surface area contributed by atoms with Crippen molar-refractivity contribution in [2.24, 2.45) is 0 Å². The predicted octanol–water partition coefficient (Wildman–Crippen LogP) is -3.54. The van der Waals surface area contributed by atoms with Crippen LogP contribution in [-0.4, -0.2) is 17.5 Å². The standard InChI is InChI=1S/K.Mo.H2O4S.H/c;;1-5(2,3)4;/h;;(H2,1,2,3,4);/q+1;;;-1. The molecule has 40 valence electrons. The van der Waals surface area contributed by atoms with Crippen molar-refractivity contribution in [1.29, 1.82) is 0 Å². The Hall–Kier alpha value is 2.19. The van der Waals surface area contributed by atoms with Crippen molar-refractivity contribution in [3.63, 3.8) is 0 Å². The fourth-order valence-electron chi connectivity index (χ4n) is 0. The van der Waals surface area contributed by atoms with Crippen molar-refractivity contribution in [3.05, 3.63) is 0 Å². The van der Waals surface area contributed by atoms with Gasteiger partial charge >= 0.3 is 61.8 Å². The Bertz CT molecular complexity index is 99.2. The van der Waals surface area contributed by atoms with Crippen molar-refractivity contribution in [3.8, 4) is 0 Å². The first-order chi connectivity index (χ1) is 2.00.